The minimum atomic E-state index is 0.591. The second kappa shape index (κ2) is 6.30. The van der Waals surface area contributed by atoms with Crippen molar-refractivity contribution in [2.45, 2.75) is 26.2 Å². The lowest BCUT2D eigenvalue weighted by Gasteiger charge is -2.16. The fourth-order valence-electron chi connectivity index (χ4n) is 2.13. The fourth-order valence-corrected chi connectivity index (χ4v) is 2.13. The first-order valence-corrected chi connectivity index (χ1v) is 6.43. The molecule has 1 atom stereocenters. The maximum absolute atomic E-state index is 5.63. The number of rotatable bonds is 7. The van der Waals surface area contributed by atoms with Gasteiger partial charge in [0.15, 0.2) is 11.5 Å². The number of nitrogens with one attached hydrogen (secondary N) is 2. The molecule has 0 aliphatic carbocycles. The van der Waals surface area contributed by atoms with Gasteiger partial charge >= 0.3 is 0 Å². The molecule has 1 unspecified atom stereocenters. The number of anilines is 1. The van der Waals surface area contributed by atoms with E-state index in [9.17, 15) is 0 Å². The molecule has 0 amide bonds. The molecule has 18 heavy (non-hydrogen) atoms. The third-order valence-corrected chi connectivity index (χ3v) is 3.05. The van der Waals surface area contributed by atoms with Gasteiger partial charge in [-0.3, -0.25) is 0 Å². The first-order valence-electron chi connectivity index (χ1n) is 6.43. The topological polar surface area (TPSA) is 92.5 Å². The average Bonchev–Trinajstić information content (AvgIpc) is 2.85. The Labute approximate surface area is 106 Å². The van der Waals surface area contributed by atoms with Crippen molar-refractivity contribution in [1.29, 1.82) is 0 Å². The average molecular weight is 248 g/mol. The van der Waals surface area contributed by atoms with Crippen LogP contribution < -0.4 is 11.1 Å². The zero-order chi connectivity index (χ0) is 12.8. The number of hydrogen-bond donors (Lipinski definition) is 3. The van der Waals surface area contributed by atoms with Crippen LogP contribution >= 0.6 is 0 Å². The standard InChI is InChI=1S/C12H20N6/c1-2-3-9(4-5-13)6-14-11-10-12(16-7-15-10)18-8-17-11/h7-9H,2-6,13H2,1H3,(H2,14,15,16,17,18). The second-order valence-electron chi connectivity index (χ2n) is 4.44. The van der Waals surface area contributed by atoms with Crippen LogP contribution in [0.4, 0.5) is 5.82 Å². The lowest BCUT2D eigenvalue weighted by atomic mass is 10.00. The van der Waals surface area contributed by atoms with Gasteiger partial charge < -0.3 is 16.0 Å². The SMILES string of the molecule is CCCC(CCN)CNc1ncnc2nc[nH]c12. The highest BCUT2D eigenvalue weighted by Crippen LogP contribution is 2.16. The van der Waals surface area contributed by atoms with Gasteiger partial charge in [0.1, 0.15) is 11.8 Å². The van der Waals surface area contributed by atoms with E-state index in [1.807, 2.05) is 0 Å². The van der Waals surface area contributed by atoms with Crippen LogP contribution in [0.2, 0.25) is 0 Å². The number of imidazole rings is 1. The smallest absolute Gasteiger partial charge is 0.182 e. The van der Waals surface area contributed by atoms with E-state index in [1.165, 1.54) is 19.2 Å². The second-order valence-corrected chi connectivity index (χ2v) is 4.44. The molecule has 6 nitrogen and oxygen atoms in total. The zero-order valence-electron chi connectivity index (χ0n) is 10.7. The van der Waals surface area contributed by atoms with E-state index in [1.54, 1.807) is 6.33 Å². The zero-order valence-corrected chi connectivity index (χ0v) is 10.7. The minimum absolute atomic E-state index is 0.591. The van der Waals surface area contributed by atoms with Crippen LogP contribution in [-0.2, 0) is 0 Å². The van der Waals surface area contributed by atoms with Crippen molar-refractivity contribution in [2.75, 3.05) is 18.4 Å². The van der Waals surface area contributed by atoms with Crippen molar-refractivity contribution in [3.05, 3.63) is 12.7 Å². The molecule has 98 valence electrons. The number of aromatic amines is 1. The van der Waals surface area contributed by atoms with Crippen molar-refractivity contribution in [2.24, 2.45) is 11.7 Å². The molecular formula is C12H20N6. The fraction of sp³-hybridized carbons (Fsp3) is 0.583. The van der Waals surface area contributed by atoms with Crippen molar-refractivity contribution in [3.8, 4) is 0 Å². The van der Waals surface area contributed by atoms with Gasteiger partial charge in [0.25, 0.3) is 0 Å². The molecule has 0 radical (unpaired) electrons. The summed E-state index contributed by atoms with van der Waals surface area (Å²) in [6.45, 7) is 3.81. The Kier molecular flexibility index (Phi) is 4.46. The van der Waals surface area contributed by atoms with Crippen LogP contribution in [0.25, 0.3) is 11.2 Å². The predicted molar refractivity (Wildman–Crippen MR) is 72.2 cm³/mol. The van der Waals surface area contributed by atoms with E-state index in [0.29, 0.717) is 11.6 Å². The lowest BCUT2D eigenvalue weighted by Crippen LogP contribution is -2.18. The molecule has 2 heterocycles. The number of aromatic nitrogens is 4. The van der Waals surface area contributed by atoms with Gasteiger partial charge in [-0.25, -0.2) is 15.0 Å². The molecule has 0 spiro atoms. The van der Waals surface area contributed by atoms with Crippen molar-refractivity contribution < 1.29 is 0 Å². The number of hydrogen-bond acceptors (Lipinski definition) is 5. The molecule has 6 heteroatoms. The highest BCUT2D eigenvalue weighted by atomic mass is 15.1. The summed E-state index contributed by atoms with van der Waals surface area (Å²) in [7, 11) is 0. The molecule has 0 aliphatic heterocycles. The summed E-state index contributed by atoms with van der Waals surface area (Å²) < 4.78 is 0. The molecular weight excluding hydrogens is 228 g/mol. The molecule has 0 saturated carbocycles. The van der Waals surface area contributed by atoms with Crippen LogP contribution in [0, 0.1) is 5.92 Å². The Morgan fingerprint density at radius 3 is 3.00 bits per heavy atom. The van der Waals surface area contributed by atoms with E-state index in [4.69, 9.17) is 5.73 Å². The maximum Gasteiger partial charge on any atom is 0.182 e. The van der Waals surface area contributed by atoms with Gasteiger partial charge in [-0.15, -0.1) is 0 Å². The highest BCUT2D eigenvalue weighted by molar-refractivity contribution is 5.81. The van der Waals surface area contributed by atoms with E-state index >= 15 is 0 Å². The number of nitrogens with zero attached hydrogens (tertiary/aromatic N) is 3. The largest absolute Gasteiger partial charge is 0.368 e. The highest BCUT2D eigenvalue weighted by Gasteiger charge is 2.09. The summed E-state index contributed by atoms with van der Waals surface area (Å²) in [5.41, 5.74) is 7.19. The third kappa shape index (κ3) is 2.95. The lowest BCUT2D eigenvalue weighted by molar-refractivity contribution is 0.473. The van der Waals surface area contributed by atoms with Gasteiger partial charge in [0.2, 0.25) is 0 Å². The summed E-state index contributed by atoms with van der Waals surface area (Å²) in [6.07, 6.45) is 6.56. The Morgan fingerprint density at radius 2 is 2.22 bits per heavy atom. The molecule has 0 aromatic carbocycles. The van der Waals surface area contributed by atoms with Crippen LogP contribution in [0.1, 0.15) is 26.2 Å². The Hall–Kier alpha value is -1.69. The van der Waals surface area contributed by atoms with Crippen LogP contribution in [0.5, 0.6) is 0 Å². The van der Waals surface area contributed by atoms with Gasteiger partial charge in [0.05, 0.1) is 6.33 Å². The van der Waals surface area contributed by atoms with Crippen LogP contribution in [0.15, 0.2) is 12.7 Å². The summed E-state index contributed by atoms with van der Waals surface area (Å²) in [5.74, 6) is 1.41. The molecule has 0 fully saturated rings. The van der Waals surface area contributed by atoms with Gasteiger partial charge in [-0.2, -0.15) is 0 Å². The van der Waals surface area contributed by atoms with E-state index in [2.05, 4.69) is 32.2 Å². The molecule has 2 aromatic heterocycles. The van der Waals surface area contributed by atoms with Crippen molar-refractivity contribution >= 4 is 17.0 Å². The molecule has 2 rings (SSSR count). The predicted octanol–water partition coefficient (Wildman–Crippen LogP) is 1.53. The first kappa shape index (κ1) is 12.8. The Bertz CT molecular complexity index is 474. The molecule has 2 aromatic rings. The van der Waals surface area contributed by atoms with E-state index in [-0.39, 0.29) is 0 Å². The quantitative estimate of drug-likeness (QED) is 0.691. The third-order valence-electron chi connectivity index (χ3n) is 3.05. The number of H-pyrrole nitrogens is 1. The van der Waals surface area contributed by atoms with Crippen LogP contribution in [0.3, 0.4) is 0 Å². The maximum atomic E-state index is 5.63. The van der Waals surface area contributed by atoms with Gasteiger partial charge in [-0.1, -0.05) is 13.3 Å². The van der Waals surface area contributed by atoms with Gasteiger partial charge in [0, 0.05) is 6.54 Å². The van der Waals surface area contributed by atoms with Crippen molar-refractivity contribution in [3.63, 3.8) is 0 Å². The summed E-state index contributed by atoms with van der Waals surface area (Å²) >= 11 is 0. The number of fused-ring (bicyclic) bond motifs is 1. The minimum Gasteiger partial charge on any atom is -0.368 e. The number of nitrogens with two attached hydrogens (primary N) is 1. The molecule has 0 aliphatic rings. The van der Waals surface area contributed by atoms with Crippen molar-refractivity contribution in [1.82, 2.24) is 19.9 Å². The summed E-state index contributed by atoms with van der Waals surface area (Å²) in [6, 6.07) is 0. The first-order chi connectivity index (χ1) is 8.85. The normalized spacial score (nSPS) is 12.8. The van der Waals surface area contributed by atoms with E-state index < -0.39 is 0 Å². The Morgan fingerprint density at radius 1 is 1.33 bits per heavy atom. The molecule has 4 N–H and O–H groups in total. The monoisotopic (exact) mass is 248 g/mol. The Balaban J connectivity index is 2.02. The van der Waals surface area contributed by atoms with Gasteiger partial charge in [-0.05, 0) is 25.3 Å². The molecule has 0 bridgehead atoms. The van der Waals surface area contributed by atoms with Crippen LogP contribution in [-0.4, -0.2) is 33.0 Å². The molecule has 0 saturated heterocycles. The summed E-state index contributed by atoms with van der Waals surface area (Å²) in [4.78, 5) is 15.5. The van der Waals surface area contributed by atoms with E-state index in [0.717, 1.165) is 30.8 Å². The summed E-state index contributed by atoms with van der Waals surface area (Å²) in [5, 5.41) is 3.37.